The molecule has 0 aromatic heterocycles. The molecule has 4 unspecified atom stereocenters. The molecular formula is C20H34N6O8. The van der Waals surface area contributed by atoms with Gasteiger partial charge in [-0.1, -0.05) is 0 Å². The number of nitrogens with two attached hydrogens (primary N) is 3. The van der Waals surface area contributed by atoms with Crippen LogP contribution in [0.1, 0.15) is 51.4 Å². The van der Waals surface area contributed by atoms with Gasteiger partial charge in [-0.15, -0.1) is 0 Å². The molecule has 4 amide bonds. The number of aliphatic carboxylic acids is 2. The lowest BCUT2D eigenvalue weighted by Crippen LogP contribution is -2.57. The molecule has 1 aliphatic rings. The highest BCUT2D eigenvalue weighted by Crippen LogP contribution is 2.20. The summed E-state index contributed by atoms with van der Waals surface area (Å²) >= 11 is 0. The number of nitrogens with one attached hydrogen (secondary N) is 2. The Hall–Kier alpha value is -3.26. The van der Waals surface area contributed by atoms with Gasteiger partial charge in [0.1, 0.15) is 18.1 Å². The largest absolute Gasteiger partial charge is 0.481 e. The van der Waals surface area contributed by atoms with E-state index in [2.05, 4.69) is 10.6 Å². The standard InChI is InChI=1S/C20H34N6O8/c21-8-2-1-4-12(19(32)26-9-3-5-14(26)20(33)34)24-18(31)13(10-16(28)29)25-17(30)11(22)6-7-15(23)27/h11-14H,1-10,21-22H2,(H2,23,27)(H,24,31)(H,25,30)(H,28,29)(H,33,34). The number of nitrogens with zero attached hydrogens (tertiary/aromatic N) is 1. The van der Waals surface area contributed by atoms with Gasteiger partial charge in [0.25, 0.3) is 0 Å². The second-order valence-electron chi connectivity index (χ2n) is 8.14. The van der Waals surface area contributed by atoms with Crippen LogP contribution >= 0.6 is 0 Å². The van der Waals surface area contributed by atoms with Gasteiger partial charge in [-0.3, -0.25) is 24.0 Å². The minimum Gasteiger partial charge on any atom is -0.481 e. The van der Waals surface area contributed by atoms with Gasteiger partial charge < -0.3 is 42.9 Å². The third-order valence-electron chi connectivity index (χ3n) is 5.43. The van der Waals surface area contributed by atoms with Gasteiger partial charge >= 0.3 is 11.9 Å². The zero-order chi connectivity index (χ0) is 25.8. The number of likely N-dealkylation sites (tertiary alicyclic amines) is 1. The second-order valence-corrected chi connectivity index (χ2v) is 8.14. The number of rotatable bonds is 15. The molecule has 0 aliphatic carbocycles. The van der Waals surface area contributed by atoms with Crippen molar-refractivity contribution in [1.82, 2.24) is 15.5 Å². The molecule has 0 aromatic rings. The van der Waals surface area contributed by atoms with Crippen LogP contribution in [0.3, 0.4) is 0 Å². The lowest BCUT2D eigenvalue weighted by molar-refractivity contribution is -0.149. The molecule has 1 saturated heterocycles. The highest BCUT2D eigenvalue weighted by molar-refractivity contribution is 5.95. The van der Waals surface area contributed by atoms with Gasteiger partial charge in [0.2, 0.25) is 23.6 Å². The Morgan fingerprint density at radius 2 is 1.62 bits per heavy atom. The lowest BCUT2D eigenvalue weighted by atomic mass is 10.1. The van der Waals surface area contributed by atoms with E-state index in [1.54, 1.807) is 0 Å². The molecule has 14 nitrogen and oxygen atoms in total. The van der Waals surface area contributed by atoms with Crippen LogP contribution < -0.4 is 27.8 Å². The zero-order valence-electron chi connectivity index (χ0n) is 18.9. The Bertz CT molecular complexity index is 776. The van der Waals surface area contributed by atoms with E-state index in [0.717, 1.165) is 0 Å². The van der Waals surface area contributed by atoms with Crippen molar-refractivity contribution in [3.8, 4) is 0 Å². The number of carboxylic acid groups (broad SMARTS) is 2. The number of unbranched alkanes of at least 4 members (excludes halogenated alkanes) is 1. The molecule has 0 spiro atoms. The van der Waals surface area contributed by atoms with E-state index >= 15 is 0 Å². The molecule has 0 aromatic carbocycles. The Balaban J connectivity index is 2.97. The fourth-order valence-corrected chi connectivity index (χ4v) is 3.60. The molecular weight excluding hydrogens is 452 g/mol. The van der Waals surface area contributed by atoms with Crippen molar-refractivity contribution in [1.29, 1.82) is 0 Å². The number of carboxylic acids is 2. The van der Waals surface area contributed by atoms with E-state index in [4.69, 9.17) is 22.3 Å². The van der Waals surface area contributed by atoms with Crippen LogP contribution in [-0.4, -0.2) is 87.9 Å². The maximum absolute atomic E-state index is 13.1. The maximum atomic E-state index is 13.1. The summed E-state index contributed by atoms with van der Waals surface area (Å²) in [6, 6.07) is -4.90. The molecule has 0 saturated carbocycles. The van der Waals surface area contributed by atoms with Crippen LogP contribution in [0.5, 0.6) is 0 Å². The zero-order valence-corrected chi connectivity index (χ0v) is 18.9. The van der Waals surface area contributed by atoms with Crippen molar-refractivity contribution in [3.63, 3.8) is 0 Å². The summed E-state index contributed by atoms with van der Waals surface area (Å²) in [6.45, 7) is 0.556. The number of primary amides is 1. The summed E-state index contributed by atoms with van der Waals surface area (Å²) in [5, 5.41) is 23.2. The Morgan fingerprint density at radius 1 is 0.971 bits per heavy atom. The highest BCUT2D eigenvalue weighted by atomic mass is 16.4. The molecule has 1 fully saturated rings. The van der Waals surface area contributed by atoms with Crippen LogP contribution in [-0.2, 0) is 28.8 Å². The van der Waals surface area contributed by atoms with Crippen molar-refractivity contribution in [3.05, 3.63) is 0 Å². The molecule has 192 valence electrons. The summed E-state index contributed by atoms with van der Waals surface area (Å²) in [4.78, 5) is 73.0. The van der Waals surface area contributed by atoms with E-state index in [1.807, 2.05) is 0 Å². The van der Waals surface area contributed by atoms with Crippen LogP contribution in [0.25, 0.3) is 0 Å². The summed E-state index contributed by atoms with van der Waals surface area (Å²) in [5.41, 5.74) is 16.2. The van der Waals surface area contributed by atoms with Gasteiger partial charge in [-0.25, -0.2) is 4.79 Å². The third kappa shape index (κ3) is 9.31. The number of amides is 4. The lowest BCUT2D eigenvalue weighted by Gasteiger charge is -2.28. The number of carbonyl (C=O) groups excluding carboxylic acids is 4. The summed E-state index contributed by atoms with van der Waals surface area (Å²) in [5.74, 6) is -5.62. The van der Waals surface area contributed by atoms with E-state index in [0.29, 0.717) is 25.8 Å². The minimum absolute atomic E-state index is 0.103. The normalized spacial score (nSPS) is 17.9. The van der Waals surface area contributed by atoms with Gasteiger partial charge in [0.15, 0.2) is 0 Å². The molecule has 1 rings (SSSR count). The highest BCUT2D eigenvalue weighted by Gasteiger charge is 2.38. The van der Waals surface area contributed by atoms with E-state index in [-0.39, 0.29) is 32.2 Å². The molecule has 1 aliphatic heterocycles. The van der Waals surface area contributed by atoms with Gasteiger partial charge in [-0.2, -0.15) is 0 Å². The number of hydrogen-bond donors (Lipinski definition) is 7. The van der Waals surface area contributed by atoms with E-state index in [9.17, 15) is 33.9 Å². The summed E-state index contributed by atoms with van der Waals surface area (Å²) in [6.07, 6.45) is 0.857. The first-order valence-electron chi connectivity index (χ1n) is 11.1. The fraction of sp³-hybridized carbons (Fsp3) is 0.700. The Labute approximate surface area is 196 Å². The molecule has 34 heavy (non-hydrogen) atoms. The first-order valence-corrected chi connectivity index (χ1v) is 11.1. The molecule has 4 atom stereocenters. The van der Waals surface area contributed by atoms with Gasteiger partial charge in [-0.05, 0) is 45.1 Å². The van der Waals surface area contributed by atoms with Crippen molar-refractivity contribution in [2.45, 2.75) is 75.5 Å². The van der Waals surface area contributed by atoms with Gasteiger partial charge in [0, 0.05) is 13.0 Å². The van der Waals surface area contributed by atoms with E-state index in [1.165, 1.54) is 4.90 Å². The van der Waals surface area contributed by atoms with Crippen molar-refractivity contribution in [2.75, 3.05) is 13.1 Å². The second kappa shape index (κ2) is 14.1. The predicted molar refractivity (Wildman–Crippen MR) is 118 cm³/mol. The van der Waals surface area contributed by atoms with Crippen molar-refractivity contribution in [2.24, 2.45) is 17.2 Å². The van der Waals surface area contributed by atoms with Crippen LogP contribution in [0.4, 0.5) is 0 Å². The topological polar surface area (TPSA) is 248 Å². The quantitative estimate of drug-likeness (QED) is 0.117. The minimum atomic E-state index is -1.55. The van der Waals surface area contributed by atoms with Gasteiger partial charge in [0.05, 0.1) is 12.5 Å². The first kappa shape index (κ1) is 28.8. The first-order chi connectivity index (χ1) is 16.0. The monoisotopic (exact) mass is 486 g/mol. The summed E-state index contributed by atoms with van der Waals surface area (Å²) in [7, 11) is 0. The third-order valence-corrected chi connectivity index (χ3v) is 5.43. The summed E-state index contributed by atoms with van der Waals surface area (Å²) < 4.78 is 0. The fourth-order valence-electron chi connectivity index (χ4n) is 3.60. The van der Waals surface area contributed by atoms with Crippen molar-refractivity contribution >= 4 is 35.6 Å². The molecule has 10 N–H and O–H groups in total. The van der Waals surface area contributed by atoms with E-state index < -0.39 is 66.2 Å². The molecule has 14 heteroatoms. The smallest absolute Gasteiger partial charge is 0.326 e. The average Bonchev–Trinajstić information content (AvgIpc) is 3.25. The van der Waals surface area contributed by atoms with Crippen molar-refractivity contribution < 1.29 is 39.0 Å². The van der Waals surface area contributed by atoms with Crippen LogP contribution in [0, 0.1) is 0 Å². The predicted octanol–water partition coefficient (Wildman–Crippen LogP) is -2.77. The Morgan fingerprint density at radius 3 is 2.18 bits per heavy atom. The number of carbonyl (C=O) groups is 6. The van der Waals surface area contributed by atoms with Crippen LogP contribution in [0.15, 0.2) is 0 Å². The number of hydrogen-bond acceptors (Lipinski definition) is 8. The molecule has 0 radical (unpaired) electrons. The Kier molecular flexibility index (Phi) is 11.9. The average molecular weight is 487 g/mol. The van der Waals surface area contributed by atoms with Crippen LogP contribution in [0.2, 0.25) is 0 Å². The molecule has 0 bridgehead atoms. The maximum Gasteiger partial charge on any atom is 0.326 e. The molecule has 1 heterocycles. The SMILES string of the molecule is NCCCCC(NC(=O)C(CC(=O)O)NC(=O)C(N)CCC(N)=O)C(=O)N1CCCC1C(=O)O.